The van der Waals surface area contributed by atoms with Gasteiger partial charge in [-0.25, -0.2) is 4.98 Å². The van der Waals surface area contributed by atoms with Crippen molar-refractivity contribution >= 4 is 23.6 Å². The number of rotatable bonds is 9. The van der Waals surface area contributed by atoms with Gasteiger partial charge in [-0.1, -0.05) is 42.1 Å². The number of hydrogen-bond acceptors (Lipinski definition) is 6. The standard InChI is InChI=1S/C19H26N6O2S/c1-14-22-19(24-23-14)28-12-9-20-17(26)13-16-18(27)21-8-11-25(16)10-7-15-5-3-2-4-6-15/h2-6,16H,7-13H2,1H3,(H,20,26)(H,21,27)(H,22,23,24)/t16-/m0/s1. The molecule has 1 aliphatic rings. The maximum atomic E-state index is 12.3. The van der Waals surface area contributed by atoms with E-state index in [0.717, 1.165) is 25.3 Å². The molecule has 1 aromatic heterocycles. The Morgan fingerprint density at radius 3 is 2.93 bits per heavy atom. The zero-order chi connectivity index (χ0) is 19.8. The zero-order valence-corrected chi connectivity index (χ0v) is 16.8. The summed E-state index contributed by atoms with van der Waals surface area (Å²) in [6.45, 7) is 4.50. The van der Waals surface area contributed by atoms with Crippen LogP contribution in [0, 0.1) is 6.92 Å². The van der Waals surface area contributed by atoms with E-state index in [0.29, 0.717) is 24.0 Å². The molecule has 3 rings (SSSR count). The van der Waals surface area contributed by atoms with E-state index in [4.69, 9.17) is 0 Å². The minimum absolute atomic E-state index is 0.0694. The molecule has 2 amide bonds. The quantitative estimate of drug-likeness (QED) is 0.423. The summed E-state index contributed by atoms with van der Waals surface area (Å²) in [4.78, 5) is 31.0. The van der Waals surface area contributed by atoms with E-state index >= 15 is 0 Å². The lowest BCUT2D eigenvalue weighted by atomic mass is 10.1. The van der Waals surface area contributed by atoms with Gasteiger partial charge in [0.25, 0.3) is 0 Å². The molecule has 0 aliphatic carbocycles. The van der Waals surface area contributed by atoms with Crippen LogP contribution in [-0.2, 0) is 16.0 Å². The summed E-state index contributed by atoms with van der Waals surface area (Å²) in [6.07, 6.45) is 1.03. The number of carbonyl (C=O) groups excluding carboxylic acids is 2. The highest BCUT2D eigenvalue weighted by Crippen LogP contribution is 2.12. The minimum atomic E-state index is -0.416. The average molecular weight is 403 g/mol. The third-order valence-corrected chi connectivity index (χ3v) is 5.43. The predicted octanol–water partition coefficient (Wildman–Crippen LogP) is 0.755. The molecule has 28 heavy (non-hydrogen) atoms. The maximum Gasteiger partial charge on any atom is 0.237 e. The first-order valence-corrected chi connectivity index (χ1v) is 10.4. The van der Waals surface area contributed by atoms with Gasteiger partial charge in [0.05, 0.1) is 12.5 Å². The van der Waals surface area contributed by atoms with Crippen LogP contribution in [0.4, 0.5) is 0 Å². The SMILES string of the molecule is Cc1nc(SCCNC(=O)C[C@H]2C(=O)NCCN2CCc2ccccc2)n[nH]1. The van der Waals surface area contributed by atoms with Gasteiger partial charge in [-0.15, -0.1) is 5.10 Å². The Hall–Kier alpha value is -2.39. The van der Waals surface area contributed by atoms with Crippen molar-refractivity contribution in [2.24, 2.45) is 0 Å². The van der Waals surface area contributed by atoms with Gasteiger partial charge in [0, 0.05) is 31.9 Å². The van der Waals surface area contributed by atoms with Crippen molar-refractivity contribution in [2.45, 2.75) is 31.0 Å². The van der Waals surface area contributed by atoms with Crippen LogP contribution in [0.1, 0.15) is 17.8 Å². The molecule has 150 valence electrons. The lowest BCUT2D eigenvalue weighted by Crippen LogP contribution is -2.57. The highest BCUT2D eigenvalue weighted by molar-refractivity contribution is 7.99. The van der Waals surface area contributed by atoms with Crippen LogP contribution in [0.2, 0.25) is 0 Å². The van der Waals surface area contributed by atoms with Crippen molar-refractivity contribution in [1.29, 1.82) is 0 Å². The van der Waals surface area contributed by atoms with Crippen molar-refractivity contribution < 1.29 is 9.59 Å². The molecule has 1 fully saturated rings. The zero-order valence-electron chi connectivity index (χ0n) is 16.0. The number of aromatic amines is 1. The van der Waals surface area contributed by atoms with Gasteiger partial charge in [-0.2, -0.15) is 0 Å². The monoisotopic (exact) mass is 402 g/mol. The van der Waals surface area contributed by atoms with Gasteiger partial charge in [-0.3, -0.25) is 19.6 Å². The molecule has 0 unspecified atom stereocenters. The van der Waals surface area contributed by atoms with Gasteiger partial charge >= 0.3 is 0 Å². The predicted molar refractivity (Wildman–Crippen MR) is 108 cm³/mol. The summed E-state index contributed by atoms with van der Waals surface area (Å²) in [5.41, 5.74) is 1.23. The molecule has 0 saturated carbocycles. The molecule has 1 aromatic carbocycles. The number of aryl methyl sites for hydroxylation is 1. The van der Waals surface area contributed by atoms with Crippen LogP contribution in [0.5, 0.6) is 0 Å². The fraction of sp³-hybridized carbons (Fsp3) is 0.474. The first-order chi connectivity index (χ1) is 13.6. The third kappa shape index (κ3) is 6.07. The number of H-pyrrole nitrogens is 1. The molecular formula is C19H26N6O2S. The van der Waals surface area contributed by atoms with Gasteiger partial charge in [0.1, 0.15) is 5.82 Å². The number of benzene rings is 1. The summed E-state index contributed by atoms with van der Waals surface area (Å²) in [7, 11) is 0. The Balaban J connectivity index is 1.43. The van der Waals surface area contributed by atoms with Gasteiger partial charge in [0.15, 0.2) is 0 Å². The molecule has 1 aliphatic heterocycles. The molecule has 3 N–H and O–H groups in total. The maximum absolute atomic E-state index is 12.3. The number of nitrogens with zero attached hydrogens (tertiary/aromatic N) is 3. The average Bonchev–Trinajstić information content (AvgIpc) is 3.12. The van der Waals surface area contributed by atoms with Crippen LogP contribution in [0.25, 0.3) is 0 Å². The Morgan fingerprint density at radius 2 is 2.18 bits per heavy atom. The van der Waals surface area contributed by atoms with Crippen molar-refractivity contribution in [2.75, 3.05) is 31.9 Å². The minimum Gasteiger partial charge on any atom is -0.355 e. The van der Waals surface area contributed by atoms with Crippen LogP contribution in [0.15, 0.2) is 35.5 Å². The van der Waals surface area contributed by atoms with Crippen LogP contribution in [-0.4, -0.2) is 69.9 Å². The fourth-order valence-corrected chi connectivity index (χ4v) is 3.83. The molecule has 0 spiro atoms. The van der Waals surface area contributed by atoms with Crippen LogP contribution >= 0.6 is 11.8 Å². The molecule has 0 bridgehead atoms. The smallest absolute Gasteiger partial charge is 0.237 e. The van der Waals surface area contributed by atoms with Gasteiger partial charge < -0.3 is 10.6 Å². The first kappa shape index (κ1) is 20.3. The highest BCUT2D eigenvalue weighted by atomic mass is 32.2. The summed E-state index contributed by atoms with van der Waals surface area (Å²) in [5, 5.41) is 13.3. The van der Waals surface area contributed by atoms with E-state index in [9.17, 15) is 9.59 Å². The van der Waals surface area contributed by atoms with Crippen LogP contribution < -0.4 is 10.6 Å². The van der Waals surface area contributed by atoms with Crippen LogP contribution in [0.3, 0.4) is 0 Å². The number of piperazine rings is 1. The van der Waals surface area contributed by atoms with Crippen molar-refractivity contribution in [3.63, 3.8) is 0 Å². The Morgan fingerprint density at radius 1 is 1.36 bits per heavy atom. The second kappa shape index (κ2) is 10.2. The van der Waals surface area contributed by atoms with Gasteiger partial charge in [0.2, 0.25) is 17.0 Å². The van der Waals surface area contributed by atoms with E-state index in [2.05, 4.69) is 42.8 Å². The van der Waals surface area contributed by atoms with Crippen molar-refractivity contribution in [3.8, 4) is 0 Å². The lowest BCUT2D eigenvalue weighted by molar-refractivity contribution is -0.133. The molecule has 2 aromatic rings. The Bertz CT molecular complexity index is 782. The fourth-order valence-electron chi connectivity index (χ4n) is 3.14. The number of carbonyl (C=O) groups is 2. The molecule has 0 radical (unpaired) electrons. The number of amides is 2. The topological polar surface area (TPSA) is 103 Å². The molecule has 9 heteroatoms. The Labute approximate surface area is 168 Å². The number of aromatic nitrogens is 3. The summed E-state index contributed by atoms with van der Waals surface area (Å²) in [5.74, 6) is 1.27. The van der Waals surface area contributed by atoms with E-state index < -0.39 is 6.04 Å². The largest absolute Gasteiger partial charge is 0.355 e. The number of thioether (sulfide) groups is 1. The normalized spacial score (nSPS) is 17.3. The molecule has 2 heterocycles. The first-order valence-electron chi connectivity index (χ1n) is 9.46. The van der Waals surface area contributed by atoms with E-state index in [1.54, 1.807) is 0 Å². The Kier molecular flexibility index (Phi) is 7.44. The van der Waals surface area contributed by atoms with Gasteiger partial charge in [-0.05, 0) is 18.9 Å². The summed E-state index contributed by atoms with van der Waals surface area (Å²) < 4.78 is 0. The molecule has 8 nitrogen and oxygen atoms in total. The summed E-state index contributed by atoms with van der Waals surface area (Å²) >= 11 is 1.48. The molecule has 1 atom stereocenters. The molecule has 1 saturated heterocycles. The number of hydrogen-bond donors (Lipinski definition) is 3. The molecular weight excluding hydrogens is 376 g/mol. The lowest BCUT2D eigenvalue weighted by Gasteiger charge is -2.34. The third-order valence-electron chi connectivity index (χ3n) is 4.58. The second-order valence-corrected chi connectivity index (χ2v) is 7.75. The number of nitrogens with one attached hydrogen (secondary N) is 3. The highest BCUT2D eigenvalue weighted by Gasteiger charge is 2.31. The van der Waals surface area contributed by atoms with E-state index in [1.165, 1.54) is 17.3 Å². The van der Waals surface area contributed by atoms with Crippen molar-refractivity contribution in [1.82, 2.24) is 30.7 Å². The van der Waals surface area contributed by atoms with E-state index in [1.807, 2.05) is 25.1 Å². The second-order valence-electron chi connectivity index (χ2n) is 6.68. The van der Waals surface area contributed by atoms with Crippen molar-refractivity contribution in [3.05, 3.63) is 41.7 Å². The summed E-state index contributed by atoms with van der Waals surface area (Å²) in [6, 6.07) is 9.77. The van der Waals surface area contributed by atoms with E-state index in [-0.39, 0.29) is 18.2 Å².